The molecule has 1 nitrogen and oxygen atoms in total. The van der Waals surface area contributed by atoms with Gasteiger partial charge >= 0.3 is 0 Å². The van der Waals surface area contributed by atoms with Crippen LogP contribution in [0.15, 0.2) is 18.2 Å². The molecule has 0 heterocycles. The van der Waals surface area contributed by atoms with Crippen molar-refractivity contribution in [2.24, 2.45) is 29.6 Å². The molecule has 0 bridgehead atoms. The first-order valence-electron chi connectivity index (χ1n) is 11.9. The van der Waals surface area contributed by atoms with E-state index in [1.807, 2.05) is 12.1 Å². The van der Waals surface area contributed by atoms with Gasteiger partial charge in [-0.2, -0.15) is 5.26 Å². The second-order valence-corrected chi connectivity index (χ2v) is 9.96. The van der Waals surface area contributed by atoms with Gasteiger partial charge in [-0.1, -0.05) is 45.1 Å². The van der Waals surface area contributed by atoms with Crippen molar-refractivity contribution in [2.45, 2.75) is 89.9 Å². The molecule has 4 rings (SSSR count). The number of benzene rings is 1. The minimum Gasteiger partial charge on any atom is -0.206 e. The van der Waals surface area contributed by atoms with E-state index < -0.39 is 0 Å². The molecular weight excluding hydrogens is 345 g/mol. The molecule has 2 heteroatoms. The number of nitrogens with zero attached hydrogens (tertiary/aromatic N) is 1. The normalized spacial score (nSPS) is 34.9. The highest BCUT2D eigenvalue weighted by atomic mass is 19.1. The number of hydrogen-bond acceptors (Lipinski definition) is 1. The molecule has 152 valence electrons. The van der Waals surface area contributed by atoms with Crippen molar-refractivity contribution in [1.29, 1.82) is 5.26 Å². The Morgan fingerprint density at radius 2 is 1.71 bits per heavy atom. The van der Waals surface area contributed by atoms with Crippen LogP contribution >= 0.6 is 0 Å². The maximum absolute atomic E-state index is 14.1. The molecule has 0 amide bonds. The number of hydrogen-bond donors (Lipinski definition) is 0. The first-order chi connectivity index (χ1) is 13.7. The minimum atomic E-state index is -0.341. The van der Waals surface area contributed by atoms with Crippen molar-refractivity contribution in [3.05, 3.63) is 35.1 Å². The molecule has 28 heavy (non-hydrogen) atoms. The van der Waals surface area contributed by atoms with Crippen molar-refractivity contribution >= 4 is 0 Å². The fourth-order valence-corrected chi connectivity index (χ4v) is 7.02. The Morgan fingerprint density at radius 1 is 0.964 bits per heavy atom. The molecule has 0 aliphatic heterocycles. The van der Waals surface area contributed by atoms with Crippen molar-refractivity contribution in [2.75, 3.05) is 0 Å². The van der Waals surface area contributed by atoms with E-state index in [-0.39, 0.29) is 11.4 Å². The Bertz CT molecular complexity index is 705. The molecule has 0 spiro atoms. The van der Waals surface area contributed by atoms with Crippen LogP contribution in [-0.4, -0.2) is 0 Å². The highest BCUT2D eigenvalue weighted by molar-refractivity contribution is 5.35. The van der Waals surface area contributed by atoms with Crippen LogP contribution in [0.25, 0.3) is 0 Å². The van der Waals surface area contributed by atoms with E-state index >= 15 is 0 Å². The number of halogens is 1. The smallest absolute Gasteiger partial charge is 0.141 e. The van der Waals surface area contributed by atoms with Crippen LogP contribution in [0.4, 0.5) is 4.39 Å². The van der Waals surface area contributed by atoms with E-state index in [2.05, 4.69) is 6.92 Å². The van der Waals surface area contributed by atoms with E-state index in [4.69, 9.17) is 5.26 Å². The molecule has 6 atom stereocenters. The summed E-state index contributed by atoms with van der Waals surface area (Å²) in [4.78, 5) is 0. The van der Waals surface area contributed by atoms with Crippen LogP contribution in [0.3, 0.4) is 0 Å². The lowest BCUT2D eigenvalue weighted by molar-refractivity contribution is 0.00517. The van der Waals surface area contributed by atoms with Gasteiger partial charge in [0.25, 0.3) is 0 Å². The average Bonchev–Trinajstić information content (AvgIpc) is 2.73. The number of nitriles is 1. The van der Waals surface area contributed by atoms with Crippen LogP contribution in [0.2, 0.25) is 0 Å². The monoisotopic (exact) mass is 381 g/mol. The summed E-state index contributed by atoms with van der Waals surface area (Å²) in [6, 6.07) is 7.26. The molecule has 3 aliphatic rings. The third-order valence-corrected chi connectivity index (χ3v) is 8.45. The van der Waals surface area contributed by atoms with Crippen LogP contribution in [-0.2, 0) is 0 Å². The Labute approximate surface area is 170 Å². The van der Waals surface area contributed by atoms with Gasteiger partial charge in [-0.25, -0.2) is 4.39 Å². The fraction of sp³-hybridized carbons (Fsp3) is 0.731. The van der Waals surface area contributed by atoms with Crippen LogP contribution < -0.4 is 0 Å². The summed E-state index contributed by atoms with van der Waals surface area (Å²) in [6.07, 6.45) is 16.7. The topological polar surface area (TPSA) is 23.8 Å². The highest BCUT2D eigenvalue weighted by Gasteiger charge is 2.44. The predicted molar refractivity (Wildman–Crippen MR) is 112 cm³/mol. The number of fused-ring (bicyclic) bond motifs is 3. The van der Waals surface area contributed by atoms with Gasteiger partial charge in [-0.15, -0.1) is 0 Å². The van der Waals surface area contributed by atoms with Gasteiger partial charge in [0.2, 0.25) is 0 Å². The van der Waals surface area contributed by atoms with Gasteiger partial charge in [-0.05, 0) is 98.1 Å². The summed E-state index contributed by atoms with van der Waals surface area (Å²) in [5.74, 6) is 4.88. The Balaban J connectivity index is 1.36. The predicted octanol–water partition coefficient (Wildman–Crippen LogP) is 7.60. The zero-order valence-corrected chi connectivity index (χ0v) is 17.5. The van der Waals surface area contributed by atoms with Crippen LogP contribution in [0, 0.1) is 46.7 Å². The van der Waals surface area contributed by atoms with E-state index in [0.29, 0.717) is 5.92 Å². The standard InChI is InChI=1S/C26H36FN/c1-2-3-4-5-18-6-12-24-21(14-18)8-9-22-15-19(11-13-25(22)24)20-7-10-23(17-28)26(27)16-20/h7,10,16,18-19,21-22,24-25H,2-6,8-9,11-15H2,1H3/t18-,19?,21+,22-,24+,25-/m1/s1. The van der Waals surface area contributed by atoms with Gasteiger partial charge < -0.3 is 0 Å². The summed E-state index contributed by atoms with van der Waals surface area (Å²) in [5.41, 5.74) is 1.30. The summed E-state index contributed by atoms with van der Waals surface area (Å²) >= 11 is 0. The molecule has 3 aliphatic carbocycles. The minimum absolute atomic E-state index is 0.175. The lowest BCUT2D eigenvalue weighted by atomic mass is 9.54. The van der Waals surface area contributed by atoms with E-state index in [9.17, 15) is 4.39 Å². The molecule has 1 aromatic rings. The third-order valence-electron chi connectivity index (χ3n) is 8.45. The molecule has 3 fully saturated rings. The lowest BCUT2D eigenvalue weighted by Gasteiger charge is -2.51. The quantitative estimate of drug-likeness (QED) is 0.482. The summed E-state index contributed by atoms with van der Waals surface area (Å²) in [6.45, 7) is 2.31. The van der Waals surface area contributed by atoms with E-state index in [0.717, 1.165) is 35.2 Å². The average molecular weight is 382 g/mol. The van der Waals surface area contributed by atoms with E-state index in [1.165, 1.54) is 77.0 Å². The second-order valence-electron chi connectivity index (χ2n) is 9.96. The highest BCUT2D eigenvalue weighted by Crippen LogP contribution is 2.55. The largest absolute Gasteiger partial charge is 0.206 e. The molecule has 0 saturated heterocycles. The lowest BCUT2D eigenvalue weighted by Crippen LogP contribution is -2.41. The Morgan fingerprint density at radius 3 is 2.43 bits per heavy atom. The fourth-order valence-electron chi connectivity index (χ4n) is 7.02. The first kappa shape index (κ1) is 19.9. The maximum atomic E-state index is 14.1. The van der Waals surface area contributed by atoms with Crippen molar-refractivity contribution in [1.82, 2.24) is 0 Å². The van der Waals surface area contributed by atoms with Gasteiger partial charge in [0.05, 0.1) is 5.56 Å². The summed E-state index contributed by atoms with van der Waals surface area (Å²) in [7, 11) is 0. The Kier molecular flexibility index (Phi) is 6.39. The zero-order chi connectivity index (χ0) is 19.5. The summed E-state index contributed by atoms with van der Waals surface area (Å²) < 4.78 is 14.1. The van der Waals surface area contributed by atoms with Crippen molar-refractivity contribution in [3.63, 3.8) is 0 Å². The SMILES string of the molecule is CCCCC[C@@H]1CC[C@H]2[C@@H](CC[C@@H]3CC(c4ccc(C#N)c(F)c4)CC[C@H]32)C1. The molecule has 0 aromatic heterocycles. The van der Waals surface area contributed by atoms with Crippen LogP contribution in [0.1, 0.15) is 101 Å². The number of unbranched alkanes of at least 4 members (excludes halogenated alkanes) is 2. The first-order valence-corrected chi connectivity index (χ1v) is 11.9. The second kappa shape index (κ2) is 8.98. The third kappa shape index (κ3) is 4.14. The molecule has 0 N–H and O–H groups in total. The van der Waals surface area contributed by atoms with Gasteiger partial charge in [0, 0.05) is 0 Å². The van der Waals surface area contributed by atoms with Gasteiger partial charge in [0.15, 0.2) is 0 Å². The maximum Gasteiger partial charge on any atom is 0.141 e. The van der Waals surface area contributed by atoms with Crippen molar-refractivity contribution < 1.29 is 4.39 Å². The Hall–Kier alpha value is -1.36. The number of rotatable bonds is 5. The van der Waals surface area contributed by atoms with Gasteiger partial charge in [0.1, 0.15) is 11.9 Å². The van der Waals surface area contributed by atoms with Gasteiger partial charge in [-0.3, -0.25) is 0 Å². The molecule has 0 radical (unpaired) electrons. The summed E-state index contributed by atoms with van der Waals surface area (Å²) in [5, 5.41) is 8.97. The van der Waals surface area contributed by atoms with Crippen molar-refractivity contribution in [3.8, 4) is 6.07 Å². The molecule has 1 unspecified atom stereocenters. The van der Waals surface area contributed by atoms with E-state index in [1.54, 1.807) is 12.1 Å². The zero-order valence-electron chi connectivity index (χ0n) is 17.5. The molecule has 3 saturated carbocycles. The molecular formula is C26H36FN. The molecule has 1 aromatic carbocycles. The van der Waals surface area contributed by atoms with Crippen LogP contribution in [0.5, 0.6) is 0 Å².